The fraction of sp³-hybridized carbons (Fsp3) is 0.533. The van der Waals surface area contributed by atoms with Crippen molar-refractivity contribution in [2.75, 3.05) is 13.6 Å². The highest BCUT2D eigenvalue weighted by Gasteiger charge is 2.31. The Morgan fingerprint density at radius 2 is 2.29 bits per heavy atom. The molecule has 0 saturated carbocycles. The first kappa shape index (κ1) is 15.3. The minimum Gasteiger partial charge on any atom is -0.475 e. The minimum atomic E-state index is -0.251. The molecule has 0 aromatic carbocycles. The highest BCUT2D eigenvalue weighted by atomic mass is 16.5. The number of aromatic nitrogens is 1. The highest BCUT2D eigenvalue weighted by molar-refractivity contribution is 5.89. The first-order valence-corrected chi connectivity index (χ1v) is 7.09. The number of likely N-dealkylation sites (tertiary alicyclic amines) is 1. The van der Waals surface area contributed by atoms with E-state index in [2.05, 4.69) is 10.3 Å². The third-order valence-electron chi connectivity index (χ3n) is 3.33. The van der Waals surface area contributed by atoms with E-state index in [1.807, 2.05) is 19.9 Å². The van der Waals surface area contributed by atoms with Gasteiger partial charge in [0.2, 0.25) is 17.7 Å². The summed E-state index contributed by atoms with van der Waals surface area (Å²) in [5.41, 5.74) is 0.900. The molecular weight excluding hydrogens is 270 g/mol. The normalized spacial score (nSPS) is 18.2. The van der Waals surface area contributed by atoms with Gasteiger partial charge in [-0.2, -0.15) is 0 Å². The second-order valence-corrected chi connectivity index (χ2v) is 5.56. The number of rotatable bonds is 5. The lowest BCUT2D eigenvalue weighted by Crippen LogP contribution is -2.31. The van der Waals surface area contributed by atoms with Gasteiger partial charge in [-0.05, 0) is 19.4 Å². The summed E-state index contributed by atoms with van der Waals surface area (Å²) in [5, 5.41) is 2.84. The van der Waals surface area contributed by atoms with E-state index in [0.717, 1.165) is 5.56 Å². The zero-order valence-electron chi connectivity index (χ0n) is 12.6. The molecule has 21 heavy (non-hydrogen) atoms. The van der Waals surface area contributed by atoms with E-state index in [9.17, 15) is 9.59 Å². The molecule has 2 amide bonds. The van der Waals surface area contributed by atoms with E-state index in [-0.39, 0.29) is 23.8 Å². The predicted octanol–water partition coefficient (Wildman–Crippen LogP) is 0.963. The van der Waals surface area contributed by atoms with Crippen molar-refractivity contribution in [3.63, 3.8) is 0 Å². The average Bonchev–Trinajstić information content (AvgIpc) is 2.77. The van der Waals surface area contributed by atoms with Gasteiger partial charge in [-0.1, -0.05) is 6.07 Å². The third-order valence-corrected chi connectivity index (χ3v) is 3.33. The van der Waals surface area contributed by atoms with Crippen molar-refractivity contribution in [2.45, 2.75) is 32.9 Å². The largest absolute Gasteiger partial charge is 0.475 e. The number of pyridine rings is 1. The second-order valence-electron chi connectivity index (χ2n) is 5.56. The maximum atomic E-state index is 12.0. The van der Waals surface area contributed by atoms with Crippen LogP contribution in [0.15, 0.2) is 18.3 Å². The molecule has 1 N–H and O–H groups in total. The number of ether oxygens (including phenoxy) is 1. The van der Waals surface area contributed by atoms with Gasteiger partial charge in [-0.3, -0.25) is 9.59 Å². The first-order chi connectivity index (χ1) is 9.95. The van der Waals surface area contributed by atoms with Crippen LogP contribution in [0.1, 0.15) is 25.8 Å². The molecule has 114 valence electrons. The quantitative estimate of drug-likeness (QED) is 0.877. The SMILES string of the molecule is CC(C)Oc1ccc(CNC(=O)[C@H]2CC(=O)N(C)C2)cn1. The van der Waals surface area contributed by atoms with Crippen LogP contribution in [0.4, 0.5) is 0 Å². The zero-order chi connectivity index (χ0) is 15.4. The monoisotopic (exact) mass is 291 g/mol. The summed E-state index contributed by atoms with van der Waals surface area (Å²) in [4.78, 5) is 29.2. The standard InChI is InChI=1S/C15H21N3O3/c1-10(2)21-13-5-4-11(7-16-13)8-17-15(20)12-6-14(19)18(3)9-12/h4-5,7,10,12H,6,8-9H2,1-3H3,(H,17,20)/t12-/m0/s1. The van der Waals surface area contributed by atoms with Gasteiger partial charge in [0, 0.05) is 38.8 Å². The molecule has 1 fully saturated rings. The summed E-state index contributed by atoms with van der Waals surface area (Å²) in [5.74, 6) is 0.254. The molecule has 6 nitrogen and oxygen atoms in total. The maximum Gasteiger partial charge on any atom is 0.225 e. The molecule has 0 aliphatic carbocycles. The predicted molar refractivity (Wildman–Crippen MR) is 77.6 cm³/mol. The van der Waals surface area contributed by atoms with Crippen LogP contribution >= 0.6 is 0 Å². The van der Waals surface area contributed by atoms with Crippen LogP contribution in [0, 0.1) is 5.92 Å². The van der Waals surface area contributed by atoms with Crippen LogP contribution in [-0.2, 0) is 16.1 Å². The Bertz CT molecular complexity index is 513. The smallest absolute Gasteiger partial charge is 0.225 e. The Balaban J connectivity index is 1.83. The van der Waals surface area contributed by atoms with Crippen molar-refractivity contribution in [1.29, 1.82) is 0 Å². The van der Waals surface area contributed by atoms with Gasteiger partial charge in [-0.15, -0.1) is 0 Å². The number of nitrogens with one attached hydrogen (secondary N) is 1. The molecule has 1 atom stereocenters. The van der Waals surface area contributed by atoms with Gasteiger partial charge in [0.1, 0.15) is 0 Å². The molecule has 1 aromatic rings. The van der Waals surface area contributed by atoms with Crippen molar-refractivity contribution in [2.24, 2.45) is 5.92 Å². The van der Waals surface area contributed by atoms with Gasteiger partial charge in [0.25, 0.3) is 0 Å². The molecule has 0 bridgehead atoms. The second kappa shape index (κ2) is 6.56. The van der Waals surface area contributed by atoms with E-state index in [1.54, 1.807) is 24.2 Å². The van der Waals surface area contributed by atoms with Crippen molar-refractivity contribution >= 4 is 11.8 Å². The number of hydrogen-bond acceptors (Lipinski definition) is 4. The van der Waals surface area contributed by atoms with Crippen LogP contribution in [0.5, 0.6) is 5.88 Å². The number of carbonyl (C=O) groups is 2. The van der Waals surface area contributed by atoms with Gasteiger partial charge in [0.05, 0.1) is 12.0 Å². The summed E-state index contributed by atoms with van der Waals surface area (Å²) in [6.07, 6.45) is 2.06. The van der Waals surface area contributed by atoms with Gasteiger partial charge in [0.15, 0.2) is 0 Å². The van der Waals surface area contributed by atoms with Crippen molar-refractivity contribution < 1.29 is 14.3 Å². The summed E-state index contributed by atoms with van der Waals surface area (Å²) in [6.45, 7) is 4.78. The van der Waals surface area contributed by atoms with Crippen molar-refractivity contribution in [1.82, 2.24) is 15.2 Å². The Hall–Kier alpha value is -2.11. The first-order valence-electron chi connectivity index (χ1n) is 7.09. The Morgan fingerprint density at radius 1 is 1.52 bits per heavy atom. The van der Waals surface area contributed by atoms with Gasteiger partial charge in [-0.25, -0.2) is 4.98 Å². The lowest BCUT2D eigenvalue weighted by Gasteiger charge is -2.12. The Kier molecular flexibility index (Phi) is 4.77. The summed E-state index contributed by atoms with van der Waals surface area (Å²) in [7, 11) is 1.72. The molecule has 0 unspecified atom stereocenters. The molecule has 0 radical (unpaired) electrons. The van der Waals surface area contributed by atoms with Crippen LogP contribution in [0.3, 0.4) is 0 Å². The molecule has 2 heterocycles. The van der Waals surface area contributed by atoms with E-state index >= 15 is 0 Å². The highest BCUT2D eigenvalue weighted by Crippen LogP contribution is 2.16. The molecule has 2 rings (SSSR count). The lowest BCUT2D eigenvalue weighted by atomic mass is 10.1. The van der Waals surface area contributed by atoms with Gasteiger partial charge >= 0.3 is 0 Å². The lowest BCUT2D eigenvalue weighted by molar-refractivity contribution is -0.128. The number of amides is 2. The van der Waals surface area contributed by atoms with Crippen LogP contribution in [0.2, 0.25) is 0 Å². The zero-order valence-corrected chi connectivity index (χ0v) is 12.6. The van der Waals surface area contributed by atoms with Gasteiger partial charge < -0.3 is 15.0 Å². The molecule has 1 aliphatic heterocycles. The topological polar surface area (TPSA) is 71.5 Å². The molecule has 0 spiro atoms. The third kappa shape index (κ3) is 4.18. The number of hydrogen-bond donors (Lipinski definition) is 1. The average molecular weight is 291 g/mol. The van der Waals surface area contributed by atoms with Crippen LogP contribution < -0.4 is 10.1 Å². The Morgan fingerprint density at radius 3 is 2.81 bits per heavy atom. The van der Waals surface area contributed by atoms with Crippen molar-refractivity contribution in [3.8, 4) is 5.88 Å². The molecule has 1 aromatic heterocycles. The van der Waals surface area contributed by atoms with E-state index in [4.69, 9.17) is 4.74 Å². The number of nitrogens with zero attached hydrogens (tertiary/aromatic N) is 2. The van der Waals surface area contributed by atoms with E-state index in [0.29, 0.717) is 25.4 Å². The summed E-state index contributed by atoms with van der Waals surface area (Å²) < 4.78 is 5.46. The van der Waals surface area contributed by atoms with E-state index in [1.165, 1.54) is 0 Å². The van der Waals surface area contributed by atoms with E-state index < -0.39 is 0 Å². The fourth-order valence-electron chi connectivity index (χ4n) is 2.20. The molecule has 1 aliphatic rings. The fourth-order valence-corrected chi connectivity index (χ4v) is 2.20. The summed E-state index contributed by atoms with van der Waals surface area (Å²) in [6, 6.07) is 3.66. The van der Waals surface area contributed by atoms with Crippen LogP contribution in [-0.4, -0.2) is 41.4 Å². The van der Waals surface area contributed by atoms with Crippen LogP contribution in [0.25, 0.3) is 0 Å². The maximum absolute atomic E-state index is 12.0. The minimum absolute atomic E-state index is 0.0204. The Labute approximate surface area is 124 Å². The van der Waals surface area contributed by atoms with Crippen molar-refractivity contribution in [3.05, 3.63) is 23.9 Å². The summed E-state index contributed by atoms with van der Waals surface area (Å²) >= 11 is 0. The number of carbonyl (C=O) groups excluding carboxylic acids is 2. The molecular formula is C15H21N3O3. The molecule has 1 saturated heterocycles. The molecule has 6 heteroatoms.